The van der Waals surface area contributed by atoms with Gasteiger partial charge in [-0.25, -0.2) is 10.7 Å². The largest absolute Gasteiger partial charge is 0.459 e. The first kappa shape index (κ1) is 12.6. The minimum Gasteiger partial charge on any atom is -0.459 e. The molecule has 0 saturated carbocycles. The molecule has 5 nitrogen and oxygen atoms in total. The maximum atomic E-state index is 11.4. The first-order valence-electron chi connectivity index (χ1n) is 4.83. The van der Waals surface area contributed by atoms with Crippen molar-refractivity contribution in [1.29, 1.82) is 0 Å². The van der Waals surface area contributed by atoms with E-state index in [0.29, 0.717) is 0 Å². The van der Waals surface area contributed by atoms with Crippen molar-refractivity contribution >= 4 is 5.97 Å². The summed E-state index contributed by atoms with van der Waals surface area (Å²) in [5.74, 6) is 4.41. The monoisotopic (exact) mass is 225 g/mol. The summed E-state index contributed by atoms with van der Waals surface area (Å²) in [6, 6.07) is 9.36. The van der Waals surface area contributed by atoms with Gasteiger partial charge >= 0.3 is 5.97 Å². The number of carbonyl (C=O) groups excluding carboxylic acids is 1. The van der Waals surface area contributed by atoms with E-state index >= 15 is 0 Å². The van der Waals surface area contributed by atoms with Gasteiger partial charge in [-0.15, -0.1) is 0 Å². The topological polar surface area (TPSA) is 70.8 Å². The predicted octanol–water partition coefficient (Wildman–Crippen LogP) is 0.635. The van der Waals surface area contributed by atoms with Gasteiger partial charge < -0.3 is 9.47 Å². The summed E-state index contributed by atoms with van der Waals surface area (Å²) in [5, 5.41) is 0. The Hall–Kier alpha value is -1.43. The molecule has 0 spiro atoms. The van der Waals surface area contributed by atoms with E-state index in [9.17, 15) is 4.79 Å². The van der Waals surface area contributed by atoms with Crippen LogP contribution in [0.5, 0.6) is 0 Å². The number of hydrogen-bond acceptors (Lipinski definition) is 5. The molecular formula is C11H15NO4. The molecule has 0 aliphatic heterocycles. The highest BCUT2D eigenvalue weighted by Gasteiger charge is 2.19. The molecular weight excluding hydrogens is 210 g/mol. The molecule has 1 rings (SSSR count). The van der Waals surface area contributed by atoms with Gasteiger partial charge in [-0.3, -0.25) is 4.84 Å². The lowest BCUT2D eigenvalue weighted by Crippen LogP contribution is -2.33. The first-order chi connectivity index (χ1) is 7.77. The maximum Gasteiger partial charge on any atom is 0.340 e. The van der Waals surface area contributed by atoms with Crippen molar-refractivity contribution in [3.63, 3.8) is 0 Å². The fourth-order valence-electron chi connectivity index (χ4n) is 1.14. The average Bonchev–Trinajstić information content (AvgIpc) is 2.34. The second-order valence-electron chi connectivity index (χ2n) is 3.17. The third-order valence-electron chi connectivity index (χ3n) is 1.97. The fourth-order valence-corrected chi connectivity index (χ4v) is 1.14. The van der Waals surface area contributed by atoms with Gasteiger partial charge in [0.15, 0.2) is 6.10 Å². The van der Waals surface area contributed by atoms with E-state index in [0.717, 1.165) is 5.56 Å². The van der Waals surface area contributed by atoms with E-state index in [1.165, 1.54) is 7.11 Å². The van der Waals surface area contributed by atoms with Gasteiger partial charge in [-0.05, 0) is 5.56 Å². The third kappa shape index (κ3) is 3.98. The third-order valence-corrected chi connectivity index (χ3v) is 1.97. The lowest BCUT2D eigenvalue weighted by molar-refractivity contribution is -0.162. The molecule has 0 fully saturated rings. The zero-order valence-electron chi connectivity index (χ0n) is 9.09. The summed E-state index contributed by atoms with van der Waals surface area (Å²) in [4.78, 5) is 15.9. The lowest BCUT2D eigenvalue weighted by atomic mass is 10.2. The molecule has 5 heteroatoms. The van der Waals surface area contributed by atoms with Crippen LogP contribution in [0.25, 0.3) is 0 Å². The number of nitrogens with two attached hydrogens (primary N) is 1. The van der Waals surface area contributed by atoms with Gasteiger partial charge in [0, 0.05) is 7.11 Å². The van der Waals surface area contributed by atoms with Crippen LogP contribution >= 0.6 is 0 Å². The minimum atomic E-state index is -0.881. The Bertz CT molecular complexity index is 315. The van der Waals surface area contributed by atoms with Crippen molar-refractivity contribution in [3.05, 3.63) is 35.9 Å². The molecule has 16 heavy (non-hydrogen) atoms. The number of rotatable bonds is 6. The molecule has 0 aliphatic carbocycles. The van der Waals surface area contributed by atoms with E-state index in [2.05, 4.69) is 4.84 Å². The van der Waals surface area contributed by atoms with Gasteiger partial charge in [0.2, 0.25) is 0 Å². The number of ether oxygens (including phenoxy) is 2. The Labute approximate surface area is 94.1 Å². The molecule has 0 saturated heterocycles. The molecule has 1 unspecified atom stereocenters. The number of benzene rings is 1. The molecule has 0 bridgehead atoms. The Balaban J connectivity index is 2.40. The Morgan fingerprint density at radius 3 is 2.62 bits per heavy atom. The van der Waals surface area contributed by atoms with Gasteiger partial charge in [-0.1, -0.05) is 30.3 Å². The van der Waals surface area contributed by atoms with E-state index < -0.39 is 12.1 Å². The van der Waals surface area contributed by atoms with Crippen LogP contribution in [0.3, 0.4) is 0 Å². The Morgan fingerprint density at radius 2 is 2.06 bits per heavy atom. The van der Waals surface area contributed by atoms with Gasteiger partial charge in [0.05, 0.1) is 6.61 Å². The fraction of sp³-hybridized carbons (Fsp3) is 0.364. The molecule has 0 aliphatic rings. The molecule has 1 aromatic carbocycles. The summed E-state index contributed by atoms with van der Waals surface area (Å²) in [7, 11) is 1.45. The first-order valence-corrected chi connectivity index (χ1v) is 4.83. The van der Waals surface area contributed by atoms with Gasteiger partial charge in [0.25, 0.3) is 0 Å². The van der Waals surface area contributed by atoms with Gasteiger partial charge in [-0.2, -0.15) is 0 Å². The highest BCUT2D eigenvalue weighted by Crippen LogP contribution is 2.02. The molecule has 0 aromatic heterocycles. The maximum absolute atomic E-state index is 11.4. The van der Waals surface area contributed by atoms with Crippen molar-refractivity contribution in [1.82, 2.24) is 0 Å². The smallest absolute Gasteiger partial charge is 0.340 e. The molecule has 1 aromatic rings. The van der Waals surface area contributed by atoms with Crippen molar-refractivity contribution in [2.24, 2.45) is 5.90 Å². The molecule has 2 N–H and O–H groups in total. The van der Waals surface area contributed by atoms with E-state index in [1.807, 2.05) is 30.3 Å². The van der Waals surface area contributed by atoms with Crippen LogP contribution < -0.4 is 5.90 Å². The zero-order chi connectivity index (χ0) is 11.8. The van der Waals surface area contributed by atoms with E-state index in [1.54, 1.807) is 0 Å². The predicted molar refractivity (Wildman–Crippen MR) is 57.2 cm³/mol. The van der Waals surface area contributed by atoms with Crippen LogP contribution in [0, 0.1) is 0 Å². The molecule has 0 amide bonds. The Morgan fingerprint density at radius 1 is 1.38 bits per heavy atom. The van der Waals surface area contributed by atoms with Gasteiger partial charge in [0.1, 0.15) is 6.61 Å². The second-order valence-corrected chi connectivity index (χ2v) is 3.17. The highest BCUT2D eigenvalue weighted by atomic mass is 16.7. The summed E-state index contributed by atoms with van der Waals surface area (Å²) in [6.45, 7) is 0.271. The molecule has 88 valence electrons. The number of esters is 1. The van der Waals surface area contributed by atoms with Crippen molar-refractivity contribution in [3.8, 4) is 0 Å². The lowest BCUT2D eigenvalue weighted by Gasteiger charge is -2.12. The van der Waals surface area contributed by atoms with Crippen LogP contribution in [-0.2, 0) is 25.7 Å². The summed E-state index contributed by atoms with van der Waals surface area (Å²) >= 11 is 0. The van der Waals surface area contributed by atoms with Crippen LogP contribution in [0.15, 0.2) is 30.3 Å². The van der Waals surface area contributed by atoms with Crippen LogP contribution in [0.4, 0.5) is 0 Å². The average molecular weight is 225 g/mol. The standard InChI is InChI=1S/C11H15NO4/c1-14-8-10(16-12)11(13)15-7-9-5-3-2-4-6-9/h2-6,10H,7-8,12H2,1H3. The minimum absolute atomic E-state index is 0.0735. The van der Waals surface area contributed by atoms with Crippen LogP contribution in [0.2, 0.25) is 0 Å². The van der Waals surface area contributed by atoms with Crippen LogP contribution in [0.1, 0.15) is 5.56 Å². The summed E-state index contributed by atoms with van der Waals surface area (Å²) < 4.78 is 9.77. The zero-order valence-corrected chi connectivity index (χ0v) is 9.09. The quantitative estimate of drug-likeness (QED) is 0.568. The number of hydrogen-bond donors (Lipinski definition) is 1. The van der Waals surface area contributed by atoms with E-state index in [-0.39, 0.29) is 13.2 Å². The number of carbonyl (C=O) groups is 1. The van der Waals surface area contributed by atoms with E-state index in [4.69, 9.17) is 15.4 Å². The summed E-state index contributed by atoms with van der Waals surface area (Å²) in [6.07, 6.45) is -0.881. The molecule has 0 radical (unpaired) electrons. The molecule has 0 heterocycles. The second kappa shape index (κ2) is 6.95. The highest BCUT2D eigenvalue weighted by molar-refractivity contribution is 5.74. The molecule has 1 atom stereocenters. The van der Waals surface area contributed by atoms with Crippen molar-refractivity contribution in [2.45, 2.75) is 12.7 Å². The van der Waals surface area contributed by atoms with Crippen molar-refractivity contribution < 1.29 is 19.1 Å². The number of methoxy groups -OCH3 is 1. The summed E-state index contributed by atoms with van der Waals surface area (Å²) in [5.41, 5.74) is 0.907. The van der Waals surface area contributed by atoms with Crippen molar-refractivity contribution in [2.75, 3.05) is 13.7 Å². The Kier molecular flexibility index (Phi) is 5.49. The normalized spacial score (nSPS) is 12.1. The van der Waals surface area contributed by atoms with Crippen LogP contribution in [-0.4, -0.2) is 25.8 Å². The SMILES string of the molecule is COCC(ON)C(=O)OCc1ccccc1.